The van der Waals surface area contributed by atoms with Crippen molar-refractivity contribution in [1.82, 2.24) is 15.1 Å². The van der Waals surface area contributed by atoms with Gasteiger partial charge in [-0.15, -0.1) is 0 Å². The lowest BCUT2D eigenvalue weighted by Crippen LogP contribution is -2.61. The van der Waals surface area contributed by atoms with Crippen LogP contribution in [0.4, 0.5) is 4.79 Å². The van der Waals surface area contributed by atoms with Crippen LogP contribution in [0.1, 0.15) is 44.1 Å². The molecule has 3 heterocycles. The number of nitrogens with one attached hydrogen (secondary N) is 1. The molecule has 0 saturated carbocycles. The molecule has 3 aliphatic heterocycles. The summed E-state index contributed by atoms with van der Waals surface area (Å²) in [6, 6.07) is 9.31. The topological polar surface area (TPSA) is 44.8 Å². The molecular formula is C25H35N3O2. The Morgan fingerprint density at radius 3 is 2.87 bits per heavy atom. The molecule has 1 aromatic carbocycles. The number of ether oxygens (including phenoxy) is 1. The number of likely N-dealkylation sites (tertiary alicyclic amines) is 1. The first-order valence-electron chi connectivity index (χ1n) is 11.8. The van der Waals surface area contributed by atoms with Gasteiger partial charge in [-0.25, -0.2) is 4.79 Å². The van der Waals surface area contributed by atoms with E-state index >= 15 is 0 Å². The van der Waals surface area contributed by atoms with E-state index in [4.69, 9.17) is 4.74 Å². The van der Waals surface area contributed by atoms with Gasteiger partial charge in [0.05, 0.1) is 13.2 Å². The van der Waals surface area contributed by atoms with E-state index in [9.17, 15) is 4.79 Å². The Labute approximate surface area is 180 Å². The number of urea groups is 1. The zero-order chi connectivity index (χ0) is 20.5. The molecule has 0 radical (unpaired) electrons. The average Bonchev–Trinajstić information content (AvgIpc) is 2.79. The summed E-state index contributed by atoms with van der Waals surface area (Å²) in [6.07, 6.45) is 11.1. The van der Waals surface area contributed by atoms with Gasteiger partial charge in [-0.3, -0.25) is 4.90 Å². The second-order valence-corrected chi connectivity index (χ2v) is 9.53. The van der Waals surface area contributed by atoms with Gasteiger partial charge in [-0.05, 0) is 74.6 Å². The largest absolute Gasteiger partial charge is 0.497 e. The summed E-state index contributed by atoms with van der Waals surface area (Å²) in [4.78, 5) is 18.0. The first-order valence-corrected chi connectivity index (χ1v) is 11.8. The van der Waals surface area contributed by atoms with Gasteiger partial charge in [0.15, 0.2) is 0 Å². The lowest BCUT2D eigenvalue weighted by atomic mass is 9.68. The molecule has 0 spiro atoms. The Bertz CT molecular complexity index is 790. The molecule has 0 unspecified atom stereocenters. The molecule has 5 heteroatoms. The number of hydrogen-bond donors (Lipinski definition) is 1. The molecule has 2 bridgehead atoms. The molecule has 5 nitrogen and oxygen atoms in total. The number of hydrogen-bond acceptors (Lipinski definition) is 3. The molecule has 4 atom stereocenters. The van der Waals surface area contributed by atoms with Crippen LogP contribution in [0.15, 0.2) is 35.9 Å². The maximum Gasteiger partial charge on any atom is 0.317 e. The van der Waals surface area contributed by atoms with Crippen molar-refractivity contribution in [1.29, 1.82) is 0 Å². The van der Waals surface area contributed by atoms with Crippen molar-refractivity contribution < 1.29 is 9.53 Å². The van der Waals surface area contributed by atoms with Crippen molar-refractivity contribution in [2.45, 2.75) is 57.0 Å². The summed E-state index contributed by atoms with van der Waals surface area (Å²) in [5.41, 5.74) is 2.78. The van der Waals surface area contributed by atoms with Crippen LogP contribution >= 0.6 is 0 Å². The number of piperidine rings is 3. The van der Waals surface area contributed by atoms with Crippen LogP contribution in [0.3, 0.4) is 0 Å². The van der Waals surface area contributed by atoms with E-state index < -0.39 is 0 Å². The van der Waals surface area contributed by atoms with Crippen LogP contribution in [0, 0.1) is 11.8 Å². The first-order chi connectivity index (χ1) is 14.7. The summed E-state index contributed by atoms with van der Waals surface area (Å²) in [5, 5.41) is 3.21. The van der Waals surface area contributed by atoms with Gasteiger partial charge in [0.25, 0.3) is 0 Å². The molecule has 2 amide bonds. The highest BCUT2D eigenvalue weighted by Gasteiger charge is 2.46. The number of carbonyl (C=O) groups is 1. The fourth-order valence-corrected chi connectivity index (χ4v) is 6.41. The number of benzene rings is 1. The summed E-state index contributed by atoms with van der Waals surface area (Å²) >= 11 is 0. The number of nitrogens with zero attached hydrogens (tertiary/aromatic N) is 2. The summed E-state index contributed by atoms with van der Waals surface area (Å²) in [5.74, 6) is 2.19. The van der Waals surface area contributed by atoms with E-state index in [-0.39, 0.29) is 6.03 Å². The van der Waals surface area contributed by atoms with E-state index in [0.29, 0.717) is 24.4 Å². The SMILES string of the molecule is COc1ccc(CCNC(=O)N2CCCC3=C[C@H]4C[C@H](CN5CCCC[C@@H]45)[C@H]32)cc1. The average molecular weight is 410 g/mol. The molecule has 3 fully saturated rings. The fourth-order valence-electron chi connectivity index (χ4n) is 6.41. The second-order valence-electron chi connectivity index (χ2n) is 9.53. The van der Waals surface area contributed by atoms with E-state index in [2.05, 4.69) is 33.3 Å². The van der Waals surface area contributed by atoms with E-state index in [1.807, 2.05) is 12.1 Å². The molecular weight excluding hydrogens is 374 g/mol. The minimum Gasteiger partial charge on any atom is -0.497 e. The van der Waals surface area contributed by atoms with Crippen molar-refractivity contribution in [3.63, 3.8) is 0 Å². The number of carbonyl (C=O) groups excluding carboxylic acids is 1. The third kappa shape index (κ3) is 3.84. The van der Waals surface area contributed by atoms with Gasteiger partial charge >= 0.3 is 6.03 Å². The monoisotopic (exact) mass is 409 g/mol. The Morgan fingerprint density at radius 2 is 2.03 bits per heavy atom. The highest BCUT2D eigenvalue weighted by atomic mass is 16.5. The number of rotatable bonds is 4. The van der Waals surface area contributed by atoms with Crippen LogP contribution < -0.4 is 10.1 Å². The van der Waals surface area contributed by atoms with Crippen LogP contribution in [0.2, 0.25) is 0 Å². The molecule has 4 aliphatic rings. The fraction of sp³-hybridized carbons (Fsp3) is 0.640. The first kappa shape index (κ1) is 19.9. The minimum atomic E-state index is 0.123. The minimum absolute atomic E-state index is 0.123. The molecule has 1 aromatic rings. The number of fused-ring (bicyclic) bond motifs is 6. The van der Waals surface area contributed by atoms with Crippen LogP contribution in [-0.2, 0) is 6.42 Å². The lowest BCUT2D eigenvalue weighted by molar-refractivity contribution is 0.00793. The molecule has 162 valence electrons. The predicted octanol–water partition coefficient (Wildman–Crippen LogP) is 3.84. The molecule has 3 saturated heterocycles. The molecule has 1 aliphatic carbocycles. The Balaban J connectivity index is 1.23. The Morgan fingerprint density at radius 1 is 1.17 bits per heavy atom. The maximum absolute atomic E-state index is 13.1. The van der Waals surface area contributed by atoms with Gasteiger partial charge in [-0.2, -0.15) is 0 Å². The van der Waals surface area contributed by atoms with Crippen LogP contribution in [0.25, 0.3) is 0 Å². The summed E-state index contributed by atoms with van der Waals surface area (Å²) in [7, 11) is 1.68. The Kier molecular flexibility index (Phi) is 5.72. The normalized spacial score (nSPS) is 30.7. The van der Waals surface area contributed by atoms with Crippen molar-refractivity contribution in [3.05, 3.63) is 41.5 Å². The third-order valence-corrected chi connectivity index (χ3v) is 7.77. The van der Waals surface area contributed by atoms with E-state index in [1.165, 1.54) is 50.8 Å². The summed E-state index contributed by atoms with van der Waals surface area (Å²) < 4.78 is 5.22. The zero-order valence-electron chi connectivity index (χ0n) is 18.2. The van der Waals surface area contributed by atoms with Gasteiger partial charge in [0.2, 0.25) is 0 Å². The number of amides is 2. The quantitative estimate of drug-likeness (QED) is 0.769. The number of methoxy groups -OCH3 is 1. The van der Waals surface area contributed by atoms with Crippen molar-refractivity contribution in [2.75, 3.05) is 33.3 Å². The maximum atomic E-state index is 13.1. The third-order valence-electron chi connectivity index (χ3n) is 7.77. The highest BCUT2D eigenvalue weighted by Crippen LogP contribution is 2.44. The standard InChI is InChI=1S/C25H35N3O2/c1-30-22-9-7-18(8-10-22)11-12-26-25(29)28-14-4-5-19-15-20-16-21(24(19)28)17-27-13-3-2-6-23(20)27/h7-10,15,20-21,23-24H,2-6,11-14,16-17H2,1H3,(H,26,29)/t20-,21+,23-,24-/m0/s1. The summed E-state index contributed by atoms with van der Waals surface area (Å²) in [6.45, 7) is 4.00. The van der Waals surface area contributed by atoms with Crippen LogP contribution in [-0.4, -0.2) is 61.2 Å². The van der Waals surface area contributed by atoms with Crippen molar-refractivity contribution >= 4 is 6.03 Å². The van der Waals surface area contributed by atoms with Crippen LogP contribution in [0.5, 0.6) is 5.75 Å². The second kappa shape index (κ2) is 8.62. The highest BCUT2D eigenvalue weighted by molar-refractivity contribution is 5.75. The van der Waals surface area contributed by atoms with Gasteiger partial charge in [0.1, 0.15) is 5.75 Å². The van der Waals surface area contributed by atoms with E-state index in [1.54, 1.807) is 12.7 Å². The lowest BCUT2D eigenvalue weighted by Gasteiger charge is -2.54. The van der Waals surface area contributed by atoms with Gasteiger partial charge < -0.3 is 15.0 Å². The van der Waals surface area contributed by atoms with Crippen molar-refractivity contribution in [3.8, 4) is 5.75 Å². The Hall–Kier alpha value is -2.01. The van der Waals surface area contributed by atoms with Gasteiger partial charge in [-0.1, -0.05) is 30.2 Å². The van der Waals surface area contributed by atoms with Gasteiger partial charge in [0, 0.05) is 25.7 Å². The zero-order valence-corrected chi connectivity index (χ0v) is 18.2. The molecule has 0 aromatic heterocycles. The molecule has 30 heavy (non-hydrogen) atoms. The smallest absolute Gasteiger partial charge is 0.317 e. The molecule has 5 rings (SSSR count). The molecule has 1 N–H and O–H groups in total. The predicted molar refractivity (Wildman–Crippen MR) is 119 cm³/mol. The van der Waals surface area contributed by atoms with E-state index in [0.717, 1.165) is 31.2 Å². The van der Waals surface area contributed by atoms with Crippen molar-refractivity contribution in [2.24, 2.45) is 11.8 Å².